The van der Waals surface area contributed by atoms with Gasteiger partial charge in [-0.05, 0) is 18.9 Å². The Kier molecular flexibility index (Phi) is 8.18. The number of hydrogen-bond acceptors (Lipinski definition) is 3. The van der Waals surface area contributed by atoms with Gasteiger partial charge >= 0.3 is 0 Å². The van der Waals surface area contributed by atoms with Crippen LogP contribution in [0.4, 0.5) is 0 Å². The number of allylic oxidation sites excluding steroid dienone is 2. The zero-order chi connectivity index (χ0) is 14.0. The molecular weight excluding hydrogens is 232 g/mol. The normalized spacial score (nSPS) is 11.9. The fourth-order valence-corrected chi connectivity index (χ4v) is 1.34. The first-order valence-corrected chi connectivity index (χ1v) is 5.79. The molecule has 0 bridgehead atoms. The Labute approximate surface area is 107 Å². The maximum Gasteiger partial charge on any atom is 0.224 e. The lowest BCUT2D eigenvalue weighted by molar-refractivity contribution is -0.124. The molecule has 0 heterocycles. The lowest BCUT2D eigenvalue weighted by atomic mass is 10.1. The molecule has 0 fully saturated rings. The molecule has 0 aromatic carbocycles. The minimum absolute atomic E-state index is 0.147. The van der Waals surface area contributed by atoms with Gasteiger partial charge in [-0.25, -0.2) is 0 Å². The molecule has 100 valence electrons. The smallest absolute Gasteiger partial charge is 0.224 e. The summed E-state index contributed by atoms with van der Waals surface area (Å²) in [5, 5.41) is 5.01. The quantitative estimate of drug-likeness (QED) is 0.493. The molecule has 0 aliphatic rings. The molecule has 0 aliphatic carbocycles. The van der Waals surface area contributed by atoms with Crippen molar-refractivity contribution in [3.05, 3.63) is 24.3 Å². The molecule has 18 heavy (non-hydrogen) atoms. The van der Waals surface area contributed by atoms with E-state index in [1.165, 1.54) is 7.05 Å². The fraction of sp³-hybridized carbons (Fsp3) is 0.462. The third kappa shape index (κ3) is 7.38. The number of carbonyl (C=O) groups excluding carboxylic acids is 3. The topological polar surface area (TPSA) is 75.3 Å². The molecule has 0 spiro atoms. The number of aldehydes is 1. The first kappa shape index (κ1) is 16.1. The van der Waals surface area contributed by atoms with Gasteiger partial charge < -0.3 is 15.4 Å². The fourth-order valence-electron chi connectivity index (χ4n) is 1.34. The van der Waals surface area contributed by atoms with Crippen molar-refractivity contribution in [1.29, 1.82) is 0 Å². The van der Waals surface area contributed by atoms with E-state index in [1.807, 2.05) is 6.92 Å². The van der Waals surface area contributed by atoms with E-state index in [0.29, 0.717) is 18.3 Å². The highest BCUT2D eigenvalue weighted by Crippen LogP contribution is 2.01. The van der Waals surface area contributed by atoms with Crippen LogP contribution in [0.5, 0.6) is 0 Å². The van der Waals surface area contributed by atoms with Gasteiger partial charge in [0.2, 0.25) is 11.8 Å². The van der Waals surface area contributed by atoms with E-state index in [-0.39, 0.29) is 24.7 Å². The van der Waals surface area contributed by atoms with Crippen molar-refractivity contribution in [2.24, 2.45) is 0 Å². The zero-order valence-electron chi connectivity index (χ0n) is 10.9. The standard InChI is InChI=1S/C13H20N2O3/c1-4-5-10(2)8-13(18)15-11(9-16)6-7-12(17)14-3/h4-5,9,11H,2,6-8H2,1,3H3,(H,14,17)(H,15,18)/b5-4-. The summed E-state index contributed by atoms with van der Waals surface area (Å²) in [6, 6.07) is -0.631. The SMILES string of the molecule is C=C(/C=C\C)CC(=O)NC(C=O)CCC(=O)NC. The van der Waals surface area contributed by atoms with Gasteiger partial charge in [0.25, 0.3) is 0 Å². The maximum absolute atomic E-state index is 11.5. The molecule has 1 unspecified atom stereocenters. The van der Waals surface area contributed by atoms with Gasteiger partial charge in [0, 0.05) is 13.5 Å². The summed E-state index contributed by atoms with van der Waals surface area (Å²) in [6.45, 7) is 5.54. The van der Waals surface area contributed by atoms with Crippen LogP contribution >= 0.6 is 0 Å². The molecule has 0 aromatic rings. The maximum atomic E-state index is 11.5. The number of rotatable bonds is 8. The van der Waals surface area contributed by atoms with Crippen LogP contribution in [-0.4, -0.2) is 31.2 Å². The van der Waals surface area contributed by atoms with Crippen LogP contribution in [0, 0.1) is 0 Å². The van der Waals surface area contributed by atoms with Crippen molar-refractivity contribution in [3.63, 3.8) is 0 Å². The Hall–Kier alpha value is -1.91. The van der Waals surface area contributed by atoms with Crippen LogP contribution < -0.4 is 10.6 Å². The second-order valence-corrected chi connectivity index (χ2v) is 3.86. The second kappa shape index (κ2) is 9.15. The summed E-state index contributed by atoms with van der Waals surface area (Å²) in [5.74, 6) is -0.429. The molecule has 0 aromatic heterocycles. The van der Waals surface area contributed by atoms with Gasteiger partial charge in [0.1, 0.15) is 6.29 Å². The summed E-state index contributed by atoms with van der Waals surface area (Å²) in [5.41, 5.74) is 0.672. The van der Waals surface area contributed by atoms with Crippen LogP contribution in [0.25, 0.3) is 0 Å². The van der Waals surface area contributed by atoms with E-state index in [0.717, 1.165) is 0 Å². The van der Waals surface area contributed by atoms with Crippen LogP contribution in [0.1, 0.15) is 26.2 Å². The lowest BCUT2D eigenvalue weighted by Crippen LogP contribution is -2.37. The van der Waals surface area contributed by atoms with Crippen molar-refractivity contribution in [3.8, 4) is 0 Å². The molecule has 1 atom stereocenters. The van der Waals surface area contributed by atoms with Crippen molar-refractivity contribution in [2.45, 2.75) is 32.2 Å². The predicted molar refractivity (Wildman–Crippen MR) is 69.9 cm³/mol. The van der Waals surface area contributed by atoms with Gasteiger partial charge in [-0.15, -0.1) is 0 Å². The van der Waals surface area contributed by atoms with Crippen molar-refractivity contribution in [1.82, 2.24) is 10.6 Å². The highest BCUT2D eigenvalue weighted by molar-refractivity contribution is 5.82. The monoisotopic (exact) mass is 252 g/mol. The Morgan fingerprint density at radius 1 is 1.33 bits per heavy atom. The molecule has 0 aliphatic heterocycles. The van der Waals surface area contributed by atoms with Crippen LogP contribution in [0.3, 0.4) is 0 Å². The molecule has 5 nitrogen and oxygen atoms in total. The van der Waals surface area contributed by atoms with Crippen molar-refractivity contribution < 1.29 is 14.4 Å². The van der Waals surface area contributed by atoms with E-state index in [1.54, 1.807) is 12.2 Å². The van der Waals surface area contributed by atoms with Gasteiger partial charge in [0.15, 0.2) is 0 Å². The first-order valence-electron chi connectivity index (χ1n) is 5.79. The molecule has 2 amide bonds. The van der Waals surface area contributed by atoms with Crippen molar-refractivity contribution in [2.75, 3.05) is 7.05 Å². The van der Waals surface area contributed by atoms with Crippen molar-refractivity contribution >= 4 is 18.1 Å². The lowest BCUT2D eigenvalue weighted by Gasteiger charge is -2.12. The predicted octanol–water partition coefficient (Wildman–Crippen LogP) is 0.719. The minimum Gasteiger partial charge on any atom is -0.359 e. The number of hydrogen-bond donors (Lipinski definition) is 2. The minimum atomic E-state index is -0.631. The number of amides is 2. The largest absolute Gasteiger partial charge is 0.359 e. The average Bonchev–Trinajstić information content (AvgIpc) is 2.33. The molecule has 0 rings (SSSR count). The summed E-state index contributed by atoms with van der Waals surface area (Å²) in [4.78, 5) is 33.3. The first-order chi connectivity index (χ1) is 8.53. The molecule has 5 heteroatoms. The van der Waals surface area contributed by atoms with Gasteiger partial charge in [-0.1, -0.05) is 18.7 Å². The third-order valence-corrected chi connectivity index (χ3v) is 2.26. The summed E-state index contributed by atoms with van der Waals surface area (Å²) < 4.78 is 0. The van der Waals surface area contributed by atoms with E-state index >= 15 is 0 Å². The van der Waals surface area contributed by atoms with Crippen LogP contribution in [0.2, 0.25) is 0 Å². The third-order valence-electron chi connectivity index (χ3n) is 2.26. The Bertz CT molecular complexity index is 348. The molecular formula is C13H20N2O3. The zero-order valence-corrected chi connectivity index (χ0v) is 10.9. The molecule has 0 radical (unpaired) electrons. The van der Waals surface area contributed by atoms with Gasteiger partial charge in [-0.2, -0.15) is 0 Å². The highest BCUT2D eigenvalue weighted by atomic mass is 16.2. The van der Waals surface area contributed by atoms with E-state index in [9.17, 15) is 14.4 Å². The van der Waals surface area contributed by atoms with Gasteiger partial charge in [-0.3, -0.25) is 9.59 Å². The summed E-state index contributed by atoms with van der Waals surface area (Å²) in [7, 11) is 1.53. The highest BCUT2D eigenvalue weighted by Gasteiger charge is 2.12. The average molecular weight is 252 g/mol. The Morgan fingerprint density at radius 3 is 2.50 bits per heavy atom. The van der Waals surface area contributed by atoms with Crippen LogP contribution in [-0.2, 0) is 14.4 Å². The van der Waals surface area contributed by atoms with Crippen LogP contribution in [0.15, 0.2) is 24.3 Å². The Balaban J connectivity index is 4.12. The summed E-state index contributed by atoms with van der Waals surface area (Å²) in [6.07, 6.45) is 4.81. The molecule has 2 N–H and O–H groups in total. The molecule has 0 saturated carbocycles. The van der Waals surface area contributed by atoms with E-state index < -0.39 is 6.04 Å². The Morgan fingerprint density at radius 2 is 2.00 bits per heavy atom. The van der Waals surface area contributed by atoms with Gasteiger partial charge in [0.05, 0.1) is 12.5 Å². The molecule has 0 saturated heterocycles. The van der Waals surface area contributed by atoms with E-state index in [2.05, 4.69) is 17.2 Å². The van der Waals surface area contributed by atoms with E-state index in [4.69, 9.17) is 0 Å². The summed E-state index contributed by atoms with van der Waals surface area (Å²) >= 11 is 0. The number of carbonyl (C=O) groups is 3. The second-order valence-electron chi connectivity index (χ2n) is 3.86. The number of nitrogens with one attached hydrogen (secondary N) is 2.